The average molecular weight is 493 g/mol. The largest absolute Gasteiger partial charge is 0.394 e. The number of hydrogen-bond acceptors (Lipinski definition) is 10. The summed E-state index contributed by atoms with van der Waals surface area (Å²) in [6.07, 6.45) is -3.17. The molecule has 9 atom stereocenters. The lowest BCUT2D eigenvalue weighted by Crippen LogP contribution is -2.64. The van der Waals surface area contributed by atoms with Gasteiger partial charge in [0.15, 0.2) is 6.29 Å². The van der Waals surface area contributed by atoms with E-state index in [4.69, 9.17) is 23.7 Å². The Kier molecular flexibility index (Phi) is 12.1. The second-order valence-electron chi connectivity index (χ2n) is 8.79. The molecule has 0 spiro atoms. The minimum absolute atomic E-state index is 0.108. The molecule has 12 nitrogen and oxygen atoms in total. The zero-order valence-corrected chi connectivity index (χ0v) is 20.3. The fourth-order valence-electron chi connectivity index (χ4n) is 4.71. The van der Waals surface area contributed by atoms with Crippen molar-refractivity contribution in [1.82, 2.24) is 10.6 Å². The van der Waals surface area contributed by atoms with Crippen LogP contribution < -0.4 is 10.6 Å². The van der Waals surface area contributed by atoms with Crippen LogP contribution >= 0.6 is 0 Å². The van der Waals surface area contributed by atoms with Gasteiger partial charge >= 0.3 is 0 Å². The fourth-order valence-corrected chi connectivity index (χ4v) is 4.71. The number of nitrogens with one attached hydrogen (secondary N) is 2. The molecular weight excluding hydrogens is 452 g/mol. The second kappa shape index (κ2) is 14.2. The zero-order valence-electron chi connectivity index (χ0n) is 20.3. The van der Waals surface area contributed by atoms with Crippen LogP contribution in [0.25, 0.3) is 0 Å². The minimum Gasteiger partial charge on any atom is -0.394 e. The Hall–Kier alpha value is -1.38. The molecule has 1 heterocycles. The molecule has 1 saturated carbocycles. The van der Waals surface area contributed by atoms with Gasteiger partial charge in [-0.05, 0) is 19.3 Å². The number of aliphatic hydroxyl groups is 3. The molecule has 0 bridgehead atoms. The van der Waals surface area contributed by atoms with Gasteiger partial charge in [0.2, 0.25) is 11.8 Å². The third-order valence-corrected chi connectivity index (χ3v) is 6.34. The van der Waals surface area contributed by atoms with Gasteiger partial charge in [0.25, 0.3) is 0 Å². The van der Waals surface area contributed by atoms with Crippen molar-refractivity contribution < 1.29 is 48.6 Å². The molecule has 5 unspecified atom stereocenters. The molecule has 198 valence electrons. The lowest BCUT2D eigenvalue weighted by atomic mass is 9.97. The molecule has 12 heteroatoms. The molecule has 2 fully saturated rings. The summed E-state index contributed by atoms with van der Waals surface area (Å²) in [6.45, 7) is 1.48. The number of aliphatic hydroxyl groups excluding tert-OH is 3. The summed E-state index contributed by atoms with van der Waals surface area (Å²) in [4.78, 5) is 23.9. The van der Waals surface area contributed by atoms with Crippen LogP contribution in [-0.4, -0.2) is 117 Å². The van der Waals surface area contributed by atoms with E-state index >= 15 is 0 Å². The van der Waals surface area contributed by atoms with E-state index in [-0.39, 0.29) is 43.1 Å². The van der Waals surface area contributed by atoms with Crippen molar-refractivity contribution in [2.24, 2.45) is 5.92 Å². The molecule has 1 aliphatic carbocycles. The number of carbonyl (C=O) groups is 2. The third kappa shape index (κ3) is 7.56. The van der Waals surface area contributed by atoms with E-state index in [1.54, 1.807) is 21.3 Å². The zero-order chi connectivity index (χ0) is 25.3. The van der Waals surface area contributed by atoms with Crippen molar-refractivity contribution in [3.05, 3.63) is 0 Å². The number of rotatable bonds is 13. The normalized spacial score (nSPS) is 35.8. The first-order valence-corrected chi connectivity index (χ1v) is 11.6. The molecule has 0 aromatic rings. The van der Waals surface area contributed by atoms with Crippen LogP contribution in [-0.2, 0) is 33.3 Å². The molecule has 0 aromatic carbocycles. The first kappa shape index (κ1) is 28.9. The Labute approximate surface area is 200 Å². The molecule has 1 saturated heterocycles. The maximum absolute atomic E-state index is 12.5. The number of unbranched alkanes of at least 4 members (excludes halogenated alkanes) is 1. The Balaban J connectivity index is 1.78. The SMILES string of the molecule is COC[C@H]1C[C@@H](NC(=O)CCCCOC2OC(CO)C(O)C(O)C2NC(C)=O)[C@H](OC)[C@@H]1OC. The van der Waals surface area contributed by atoms with Crippen LogP contribution in [0.5, 0.6) is 0 Å². The van der Waals surface area contributed by atoms with Crippen molar-refractivity contribution in [2.75, 3.05) is 41.2 Å². The summed E-state index contributed by atoms with van der Waals surface area (Å²) in [6, 6.07) is -1.16. The van der Waals surface area contributed by atoms with E-state index in [2.05, 4.69) is 10.6 Å². The predicted molar refractivity (Wildman–Crippen MR) is 119 cm³/mol. The van der Waals surface area contributed by atoms with Crippen molar-refractivity contribution in [3.8, 4) is 0 Å². The van der Waals surface area contributed by atoms with Crippen molar-refractivity contribution in [1.29, 1.82) is 0 Å². The van der Waals surface area contributed by atoms with Gasteiger partial charge in [-0.2, -0.15) is 0 Å². The third-order valence-electron chi connectivity index (χ3n) is 6.34. The van der Waals surface area contributed by atoms with Gasteiger partial charge in [-0.25, -0.2) is 0 Å². The number of hydrogen-bond donors (Lipinski definition) is 5. The van der Waals surface area contributed by atoms with E-state index in [0.29, 0.717) is 25.9 Å². The van der Waals surface area contributed by atoms with Crippen LogP contribution in [0.15, 0.2) is 0 Å². The Morgan fingerprint density at radius 2 is 1.74 bits per heavy atom. The van der Waals surface area contributed by atoms with Crippen molar-refractivity contribution in [2.45, 2.75) is 81.5 Å². The molecule has 5 N–H and O–H groups in total. The summed E-state index contributed by atoms with van der Waals surface area (Å²) in [5, 5.41) is 35.2. The highest BCUT2D eigenvalue weighted by molar-refractivity contribution is 5.76. The summed E-state index contributed by atoms with van der Waals surface area (Å²) in [7, 11) is 4.85. The van der Waals surface area contributed by atoms with E-state index < -0.39 is 43.2 Å². The predicted octanol–water partition coefficient (Wildman–Crippen LogP) is -1.70. The van der Waals surface area contributed by atoms with Crippen LogP contribution in [0.3, 0.4) is 0 Å². The summed E-state index contributed by atoms with van der Waals surface area (Å²) < 4.78 is 27.6. The molecule has 34 heavy (non-hydrogen) atoms. The van der Waals surface area contributed by atoms with Crippen molar-refractivity contribution >= 4 is 11.8 Å². The van der Waals surface area contributed by atoms with Gasteiger partial charge in [-0.15, -0.1) is 0 Å². The second-order valence-corrected chi connectivity index (χ2v) is 8.79. The smallest absolute Gasteiger partial charge is 0.220 e. The highest BCUT2D eigenvalue weighted by atomic mass is 16.7. The van der Waals surface area contributed by atoms with Gasteiger partial charge in [-0.3, -0.25) is 9.59 Å². The maximum atomic E-state index is 12.5. The van der Waals surface area contributed by atoms with E-state index in [1.807, 2.05) is 0 Å². The highest BCUT2D eigenvalue weighted by Crippen LogP contribution is 2.31. The standard InChI is InChI=1S/C22H40N2O10/c1-12(26)23-17-19(29)18(28)15(10-25)34-22(17)33-8-6-5-7-16(27)24-14-9-13(11-30-2)20(31-3)21(14)32-4/h13-15,17-22,25,28-29H,5-11H2,1-4H3,(H,23,26)(H,24,27)/t13-,14-,15?,17?,18?,19?,20-,21+,22?/m1/s1. The maximum Gasteiger partial charge on any atom is 0.220 e. The molecule has 0 radical (unpaired) electrons. The lowest BCUT2D eigenvalue weighted by molar-refractivity contribution is -0.270. The topological polar surface area (TPSA) is 165 Å². The van der Waals surface area contributed by atoms with E-state index in [1.165, 1.54) is 6.92 Å². The minimum atomic E-state index is -1.36. The van der Waals surface area contributed by atoms with E-state index in [0.717, 1.165) is 0 Å². The summed E-state index contributed by atoms with van der Waals surface area (Å²) >= 11 is 0. The fraction of sp³-hybridized carbons (Fsp3) is 0.909. The van der Waals surface area contributed by atoms with Gasteiger partial charge in [0, 0.05) is 47.2 Å². The monoisotopic (exact) mass is 492 g/mol. The van der Waals surface area contributed by atoms with Gasteiger partial charge in [0.1, 0.15) is 30.5 Å². The van der Waals surface area contributed by atoms with Gasteiger partial charge in [-0.1, -0.05) is 0 Å². The van der Waals surface area contributed by atoms with E-state index in [9.17, 15) is 24.9 Å². The number of methoxy groups -OCH3 is 3. The Morgan fingerprint density at radius 1 is 1.03 bits per heavy atom. The number of carbonyl (C=O) groups excluding carboxylic acids is 2. The first-order chi connectivity index (χ1) is 16.3. The number of ether oxygens (including phenoxy) is 5. The molecule has 1 aliphatic heterocycles. The quantitative estimate of drug-likeness (QED) is 0.187. The highest BCUT2D eigenvalue weighted by Gasteiger charge is 2.46. The van der Waals surface area contributed by atoms with Crippen molar-refractivity contribution in [3.63, 3.8) is 0 Å². The molecule has 2 rings (SSSR count). The lowest BCUT2D eigenvalue weighted by Gasteiger charge is -2.42. The number of amides is 2. The van der Waals surface area contributed by atoms with Crippen LogP contribution in [0.4, 0.5) is 0 Å². The van der Waals surface area contributed by atoms with Gasteiger partial charge < -0.3 is 49.6 Å². The molecule has 2 aliphatic rings. The molecule has 0 aromatic heterocycles. The summed E-state index contributed by atoms with van der Waals surface area (Å²) in [5.74, 6) is -0.400. The Morgan fingerprint density at radius 3 is 2.32 bits per heavy atom. The van der Waals surface area contributed by atoms with Gasteiger partial charge in [0.05, 0.1) is 25.4 Å². The molecular formula is C22H40N2O10. The molecule has 2 amide bonds. The average Bonchev–Trinajstić information content (AvgIpc) is 3.13. The van der Waals surface area contributed by atoms with Crippen LogP contribution in [0.1, 0.15) is 32.6 Å². The van der Waals surface area contributed by atoms with Crippen LogP contribution in [0.2, 0.25) is 0 Å². The summed E-state index contributed by atoms with van der Waals surface area (Å²) in [5.41, 5.74) is 0. The Bertz CT molecular complexity index is 639. The first-order valence-electron chi connectivity index (χ1n) is 11.6. The van der Waals surface area contributed by atoms with Crippen LogP contribution in [0, 0.1) is 5.92 Å².